The summed E-state index contributed by atoms with van der Waals surface area (Å²) in [5, 5.41) is 3.25. The number of carbonyl (C=O) groups excluding carboxylic acids is 1. The fourth-order valence-electron chi connectivity index (χ4n) is 1.67. The number of halogens is 1. The molecular weight excluding hydrogens is 248 g/mol. The van der Waals surface area contributed by atoms with E-state index in [0.717, 1.165) is 11.3 Å². The van der Waals surface area contributed by atoms with Crippen molar-refractivity contribution >= 4 is 28.9 Å². The van der Waals surface area contributed by atoms with Crippen LogP contribution >= 0.6 is 11.6 Å². The van der Waals surface area contributed by atoms with Crippen LogP contribution in [0.15, 0.2) is 42.5 Å². The van der Waals surface area contributed by atoms with Crippen LogP contribution < -0.4 is 11.1 Å². The summed E-state index contributed by atoms with van der Waals surface area (Å²) >= 11 is 5.86. The van der Waals surface area contributed by atoms with Crippen molar-refractivity contribution in [3.63, 3.8) is 0 Å². The summed E-state index contributed by atoms with van der Waals surface area (Å²) < 4.78 is 0. The zero-order valence-corrected chi connectivity index (χ0v) is 10.7. The van der Waals surface area contributed by atoms with Crippen LogP contribution in [0.2, 0.25) is 5.02 Å². The fourth-order valence-corrected chi connectivity index (χ4v) is 1.91. The molecule has 0 heterocycles. The third kappa shape index (κ3) is 3.02. The second-order valence-corrected chi connectivity index (χ2v) is 4.53. The Balaban J connectivity index is 2.22. The Kier molecular flexibility index (Phi) is 3.53. The number of nitrogen functional groups attached to an aromatic ring is 1. The first-order valence-corrected chi connectivity index (χ1v) is 5.86. The summed E-state index contributed by atoms with van der Waals surface area (Å²) in [7, 11) is 0. The van der Waals surface area contributed by atoms with E-state index in [4.69, 9.17) is 17.3 Å². The highest BCUT2D eigenvalue weighted by Gasteiger charge is 2.07. The zero-order chi connectivity index (χ0) is 13.1. The maximum absolute atomic E-state index is 12.0. The van der Waals surface area contributed by atoms with Crippen molar-refractivity contribution in [1.82, 2.24) is 0 Å². The van der Waals surface area contributed by atoms with E-state index in [9.17, 15) is 4.79 Å². The van der Waals surface area contributed by atoms with Crippen molar-refractivity contribution in [2.75, 3.05) is 11.1 Å². The number of hydrogen-bond acceptors (Lipinski definition) is 2. The minimum Gasteiger partial charge on any atom is -0.399 e. The summed E-state index contributed by atoms with van der Waals surface area (Å²) in [4.78, 5) is 12.0. The van der Waals surface area contributed by atoms with Crippen LogP contribution in [0.4, 0.5) is 11.4 Å². The Morgan fingerprint density at radius 3 is 2.67 bits per heavy atom. The van der Waals surface area contributed by atoms with Crippen LogP contribution in [0.5, 0.6) is 0 Å². The molecule has 1 amide bonds. The van der Waals surface area contributed by atoms with E-state index in [1.165, 1.54) is 0 Å². The van der Waals surface area contributed by atoms with Gasteiger partial charge >= 0.3 is 0 Å². The fraction of sp³-hybridized carbons (Fsp3) is 0.0714. The van der Waals surface area contributed by atoms with Crippen LogP contribution in [0.3, 0.4) is 0 Å². The number of nitrogens with one attached hydrogen (secondary N) is 1. The molecule has 3 N–H and O–H groups in total. The molecule has 2 aromatic rings. The highest BCUT2D eigenvalue weighted by atomic mass is 35.5. The molecule has 2 aromatic carbocycles. The number of nitrogens with two attached hydrogens (primary N) is 1. The molecule has 0 aromatic heterocycles. The third-order valence-corrected chi connectivity index (χ3v) is 2.68. The van der Waals surface area contributed by atoms with Gasteiger partial charge in [0.2, 0.25) is 0 Å². The van der Waals surface area contributed by atoms with Crippen molar-refractivity contribution < 1.29 is 4.79 Å². The molecule has 0 atom stereocenters. The number of carbonyl (C=O) groups is 1. The summed E-state index contributed by atoms with van der Waals surface area (Å²) in [6.45, 7) is 1.97. The molecule has 2 rings (SSSR count). The molecule has 92 valence electrons. The molecule has 0 aliphatic carbocycles. The molecule has 0 fully saturated rings. The van der Waals surface area contributed by atoms with Gasteiger partial charge in [0.25, 0.3) is 5.91 Å². The highest BCUT2D eigenvalue weighted by molar-refractivity contribution is 6.31. The number of anilines is 2. The number of amides is 1. The minimum absolute atomic E-state index is 0.227. The highest BCUT2D eigenvalue weighted by Crippen LogP contribution is 2.18. The quantitative estimate of drug-likeness (QED) is 0.812. The summed E-state index contributed by atoms with van der Waals surface area (Å²) in [6.07, 6.45) is 0. The van der Waals surface area contributed by atoms with Crippen molar-refractivity contribution in [3.05, 3.63) is 58.6 Å². The standard InChI is InChI=1S/C14H13ClN2O/c1-9-3-2-4-13(5-9)17-14(18)10-6-11(15)8-12(16)7-10/h2-8H,16H2,1H3,(H,17,18). The van der Waals surface area contributed by atoms with E-state index in [-0.39, 0.29) is 5.91 Å². The molecule has 0 aliphatic rings. The van der Waals surface area contributed by atoms with Gasteiger partial charge in [0, 0.05) is 22.0 Å². The summed E-state index contributed by atoms with van der Waals surface area (Å²) in [5.41, 5.74) is 8.40. The monoisotopic (exact) mass is 260 g/mol. The lowest BCUT2D eigenvalue weighted by molar-refractivity contribution is 0.102. The van der Waals surface area contributed by atoms with Crippen molar-refractivity contribution in [2.45, 2.75) is 6.92 Å². The normalized spacial score (nSPS) is 10.1. The van der Waals surface area contributed by atoms with Gasteiger partial charge in [0.1, 0.15) is 0 Å². The van der Waals surface area contributed by atoms with Gasteiger partial charge in [-0.2, -0.15) is 0 Å². The molecule has 3 nitrogen and oxygen atoms in total. The maximum Gasteiger partial charge on any atom is 0.255 e. The SMILES string of the molecule is Cc1cccc(NC(=O)c2cc(N)cc(Cl)c2)c1. The third-order valence-electron chi connectivity index (χ3n) is 2.46. The average molecular weight is 261 g/mol. The lowest BCUT2D eigenvalue weighted by Crippen LogP contribution is -2.12. The van der Waals surface area contributed by atoms with E-state index >= 15 is 0 Å². The van der Waals surface area contributed by atoms with Gasteiger partial charge in [-0.3, -0.25) is 4.79 Å². The minimum atomic E-state index is -0.227. The molecule has 18 heavy (non-hydrogen) atoms. The lowest BCUT2D eigenvalue weighted by Gasteiger charge is -2.07. The molecule has 0 saturated heterocycles. The van der Waals surface area contributed by atoms with E-state index < -0.39 is 0 Å². The molecule has 4 heteroatoms. The predicted octanol–water partition coefficient (Wildman–Crippen LogP) is 3.48. The zero-order valence-electron chi connectivity index (χ0n) is 9.91. The van der Waals surface area contributed by atoms with Crippen LogP contribution in [0.1, 0.15) is 15.9 Å². The Hall–Kier alpha value is -2.00. The molecule has 0 radical (unpaired) electrons. The summed E-state index contributed by atoms with van der Waals surface area (Å²) in [6, 6.07) is 12.4. The predicted molar refractivity (Wildman–Crippen MR) is 75.0 cm³/mol. The number of rotatable bonds is 2. The Morgan fingerprint density at radius 2 is 2.00 bits per heavy atom. The van der Waals surface area contributed by atoms with Crippen LogP contribution in [0, 0.1) is 6.92 Å². The number of hydrogen-bond donors (Lipinski definition) is 2. The molecule has 0 saturated carbocycles. The smallest absolute Gasteiger partial charge is 0.255 e. The van der Waals surface area contributed by atoms with Gasteiger partial charge in [-0.15, -0.1) is 0 Å². The Labute approximate surface area is 111 Å². The van der Waals surface area contributed by atoms with Crippen LogP contribution in [0.25, 0.3) is 0 Å². The van der Waals surface area contributed by atoms with Crippen molar-refractivity contribution in [2.24, 2.45) is 0 Å². The molecular formula is C14H13ClN2O. The number of benzene rings is 2. The van der Waals surface area contributed by atoms with Crippen LogP contribution in [-0.2, 0) is 0 Å². The van der Waals surface area contributed by atoms with Crippen molar-refractivity contribution in [1.29, 1.82) is 0 Å². The Morgan fingerprint density at radius 1 is 1.22 bits per heavy atom. The first kappa shape index (κ1) is 12.5. The van der Waals surface area contributed by atoms with Gasteiger partial charge in [-0.25, -0.2) is 0 Å². The second kappa shape index (κ2) is 5.10. The van der Waals surface area contributed by atoms with Gasteiger partial charge in [0.15, 0.2) is 0 Å². The van der Waals surface area contributed by atoms with Crippen molar-refractivity contribution in [3.8, 4) is 0 Å². The summed E-state index contributed by atoms with van der Waals surface area (Å²) in [5.74, 6) is -0.227. The molecule has 0 spiro atoms. The first-order valence-electron chi connectivity index (χ1n) is 5.49. The topological polar surface area (TPSA) is 55.1 Å². The van der Waals surface area contributed by atoms with E-state index in [1.807, 2.05) is 31.2 Å². The second-order valence-electron chi connectivity index (χ2n) is 4.10. The average Bonchev–Trinajstić information content (AvgIpc) is 2.27. The molecule has 0 aliphatic heterocycles. The lowest BCUT2D eigenvalue weighted by atomic mass is 10.1. The molecule has 0 bridgehead atoms. The number of aryl methyl sites for hydroxylation is 1. The van der Waals surface area contributed by atoms with Crippen LogP contribution in [-0.4, -0.2) is 5.91 Å². The van der Waals surface area contributed by atoms with E-state index in [2.05, 4.69) is 5.32 Å². The van der Waals surface area contributed by atoms with Gasteiger partial charge in [-0.1, -0.05) is 23.7 Å². The first-order chi connectivity index (χ1) is 8.54. The maximum atomic E-state index is 12.0. The van der Waals surface area contributed by atoms with E-state index in [0.29, 0.717) is 16.3 Å². The molecule has 0 unspecified atom stereocenters. The van der Waals surface area contributed by atoms with Gasteiger partial charge in [-0.05, 0) is 42.8 Å². The van der Waals surface area contributed by atoms with Gasteiger partial charge < -0.3 is 11.1 Å². The largest absolute Gasteiger partial charge is 0.399 e. The van der Waals surface area contributed by atoms with E-state index in [1.54, 1.807) is 18.2 Å². The Bertz CT molecular complexity index is 576. The van der Waals surface area contributed by atoms with Gasteiger partial charge in [0.05, 0.1) is 0 Å².